The van der Waals surface area contributed by atoms with Gasteiger partial charge in [-0.05, 0) is 48.3 Å². The van der Waals surface area contributed by atoms with Crippen LogP contribution in [0.25, 0.3) is 0 Å². The summed E-state index contributed by atoms with van der Waals surface area (Å²) in [6.07, 6.45) is 1.93. The minimum Gasteiger partial charge on any atom is -0.361 e. The number of carbonyl (C=O) groups excluding carboxylic acids is 1. The van der Waals surface area contributed by atoms with Gasteiger partial charge in [-0.25, -0.2) is 4.98 Å². The molecule has 0 aliphatic heterocycles. The first kappa shape index (κ1) is 13.7. The predicted molar refractivity (Wildman–Crippen MR) is 75.0 cm³/mol. The highest BCUT2D eigenvalue weighted by Crippen LogP contribution is 2.21. The zero-order chi connectivity index (χ0) is 14.0. The zero-order valence-electron chi connectivity index (χ0n) is 11.0. The minimum atomic E-state index is -0.147. The summed E-state index contributed by atoms with van der Waals surface area (Å²) < 4.78 is 5.79. The Balaban J connectivity index is 2.10. The summed E-state index contributed by atoms with van der Waals surface area (Å²) in [5, 5.41) is 6.59. The third kappa shape index (κ3) is 3.20. The van der Waals surface area contributed by atoms with Crippen LogP contribution >= 0.6 is 15.9 Å². The third-order valence-corrected chi connectivity index (χ3v) is 3.36. The maximum Gasteiger partial charge on any atom is 0.230 e. The van der Waals surface area contributed by atoms with Crippen LogP contribution in [0.1, 0.15) is 22.6 Å². The number of rotatable bonds is 3. The molecule has 0 aromatic carbocycles. The molecule has 5 nitrogen and oxygen atoms in total. The second-order valence-electron chi connectivity index (χ2n) is 4.37. The lowest BCUT2D eigenvalue weighted by molar-refractivity contribution is -0.115. The van der Waals surface area contributed by atoms with Gasteiger partial charge in [-0.15, -0.1) is 0 Å². The predicted octanol–water partition coefficient (Wildman–Crippen LogP) is 2.94. The van der Waals surface area contributed by atoms with Crippen molar-refractivity contribution >= 4 is 27.7 Å². The van der Waals surface area contributed by atoms with Crippen LogP contribution in [0.15, 0.2) is 21.3 Å². The quantitative estimate of drug-likeness (QED) is 0.942. The van der Waals surface area contributed by atoms with Crippen molar-refractivity contribution < 1.29 is 9.32 Å². The molecule has 0 aliphatic rings. The highest BCUT2D eigenvalue weighted by Gasteiger charge is 2.14. The first-order valence-electron chi connectivity index (χ1n) is 5.81. The van der Waals surface area contributed by atoms with Gasteiger partial charge in [-0.1, -0.05) is 5.16 Å². The number of halogens is 1. The number of aromatic nitrogens is 2. The number of anilines is 1. The molecule has 100 valence electrons. The molecule has 0 unspecified atom stereocenters. The topological polar surface area (TPSA) is 68.0 Å². The Kier molecular flexibility index (Phi) is 3.99. The van der Waals surface area contributed by atoms with Crippen molar-refractivity contribution in [2.45, 2.75) is 27.2 Å². The fourth-order valence-electron chi connectivity index (χ4n) is 1.72. The van der Waals surface area contributed by atoms with Gasteiger partial charge in [0.2, 0.25) is 5.91 Å². The van der Waals surface area contributed by atoms with Crippen molar-refractivity contribution in [1.82, 2.24) is 10.1 Å². The van der Waals surface area contributed by atoms with Crippen LogP contribution in [0.4, 0.5) is 5.82 Å². The molecule has 2 aromatic heterocycles. The van der Waals surface area contributed by atoms with Crippen molar-refractivity contribution in [2.24, 2.45) is 0 Å². The number of amides is 1. The van der Waals surface area contributed by atoms with Crippen LogP contribution in [0.5, 0.6) is 0 Å². The summed E-state index contributed by atoms with van der Waals surface area (Å²) in [6.45, 7) is 5.55. The Morgan fingerprint density at radius 1 is 1.42 bits per heavy atom. The Bertz CT molecular complexity index is 603. The van der Waals surface area contributed by atoms with E-state index in [1.165, 1.54) is 0 Å². The highest BCUT2D eigenvalue weighted by molar-refractivity contribution is 9.10. The van der Waals surface area contributed by atoms with Crippen LogP contribution in [-0.4, -0.2) is 16.0 Å². The summed E-state index contributed by atoms with van der Waals surface area (Å²) >= 11 is 3.37. The molecule has 0 saturated heterocycles. The van der Waals surface area contributed by atoms with Crippen LogP contribution in [0.2, 0.25) is 0 Å². The van der Waals surface area contributed by atoms with Gasteiger partial charge in [0.25, 0.3) is 0 Å². The third-order valence-electron chi connectivity index (χ3n) is 2.75. The van der Waals surface area contributed by atoms with Gasteiger partial charge in [-0.3, -0.25) is 4.79 Å². The summed E-state index contributed by atoms with van der Waals surface area (Å²) in [5.41, 5.74) is 2.58. The summed E-state index contributed by atoms with van der Waals surface area (Å²) in [6, 6.07) is 1.90. The van der Waals surface area contributed by atoms with Crippen molar-refractivity contribution in [2.75, 3.05) is 5.32 Å². The molecule has 0 spiro atoms. The number of hydrogen-bond acceptors (Lipinski definition) is 4. The average molecular weight is 324 g/mol. The van der Waals surface area contributed by atoms with E-state index in [4.69, 9.17) is 4.52 Å². The van der Waals surface area contributed by atoms with Gasteiger partial charge in [0.05, 0.1) is 16.6 Å². The van der Waals surface area contributed by atoms with Gasteiger partial charge in [0.1, 0.15) is 11.6 Å². The lowest BCUT2D eigenvalue weighted by Gasteiger charge is -2.06. The van der Waals surface area contributed by atoms with Crippen molar-refractivity contribution in [1.29, 1.82) is 0 Å². The molecule has 1 N–H and O–H groups in total. The van der Waals surface area contributed by atoms with Crippen LogP contribution < -0.4 is 5.32 Å². The molecule has 2 aromatic rings. The Labute approximate surface area is 119 Å². The monoisotopic (exact) mass is 323 g/mol. The number of nitrogens with one attached hydrogen (secondary N) is 1. The fraction of sp³-hybridized carbons (Fsp3) is 0.308. The number of pyridine rings is 1. The first-order valence-corrected chi connectivity index (χ1v) is 6.60. The maximum atomic E-state index is 12.0. The average Bonchev–Trinajstić information content (AvgIpc) is 2.65. The van der Waals surface area contributed by atoms with E-state index in [1.54, 1.807) is 13.1 Å². The van der Waals surface area contributed by atoms with E-state index in [2.05, 4.69) is 31.4 Å². The van der Waals surface area contributed by atoms with E-state index >= 15 is 0 Å². The lowest BCUT2D eigenvalue weighted by Crippen LogP contribution is -2.16. The van der Waals surface area contributed by atoms with E-state index in [0.29, 0.717) is 11.6 Å². The summed E-state index contributed by atoms with van der Waals surface area (Å²) in [5.74, 6) is 1.04. The Morgan fingerprint density at radius 3 is 2.74 bits per heavy atom. The molecule has 0 radical (unpaired) electrons. The molecule has 19 heavy (non-hydrogen) atoms. The molecule has 0 fully saturated rings. The van der Waals surface area contributed by atoms with Crippen molar-refractivity contribution in [3.63, 3.8) is 0 Å². The molecule has 0 atom stereocenters. The van der Waals surface area contributed by atoms with Gasteiger partial charge in [0.15, 0.2) is 0 Å². The zero-order valence-corrected chi connectivity index (χ0v) is 12.5. The molecule has 2 rings (SSSR count). The number of aryl methyl sites for hydroxylation is 3. The second-order valence-corrected chi connectivity index (χ2v) is 5.23. The van der Waals surface area contributed by atoms with Gasteiger partial charge in [0, 0.05) is 11.8 Å². The standard InChI is InChI=1S/C13H14BrN3O2/c1-7-4-11(14)13(15-6-7)16-12(18)5-10-8(2)17-19-9(10)3/h4,6H,5H2,1-3H3,(H,15,16,18). The fourth-order valence-corrected chi connectivity index (χ4v) is 2.28. The SMILES string of the molecule is Cc1cnc(NC(=O)Cc2c(C)noc2C)c(Br)c1. The van der Waals surface area contributed by atoms with Gasteiger partial charge < -0.3 is 9.84 Å². The summed E-state index contributed by atoms with van der Waals surface area (Å²) in [4.78, 5) is 16.2. The summed E-state index contributed by atoms with van der Waals surface area (Å²) in [7, 11) is 0. The van der Waals surface area contributed by atoms with Crippen LogP contribution in [0, 0.1) is 20.8 Å². The number of nitrogens with zero attached hydrogens (tertiary/aromatic N) is 2. The number of hydrogen-bond donors (Lipinski definition) is 1. The van der Waals surface area contributed by atoms with Crippen LogP contribution in [0.3, 0.4) is 0 Å². The smallest absolute Gasteiger partial charge is 0.230 e. The lowest BCUT2D eigenvalue weighted by atomic mass is 10.1. The normalized spacial score (nSPS) is 10.5. The molecule has 0 aliphatic carbocycles. The van der Waals surface area contributed by atoms with Gasteiger partial charge in [-0.2, -0.15) is 0 Å². The molecular formula is C13H14BrN3O2. The Morgan fingerprint density at radius 2 is 2.16 bits per heavy atom. The molecule has 0 saturated carbocycles. The van der Waals surface area contributed by atoms with Gasteiger partial charge >= 0.3 is 0 Å². The Hall–Kier alpha value is -1.69. The molecule has 2 heterocycles. The van der Waals surface area contributed by atoms with E-state index < -0.39 is 0 Å². The molecule has 6 heteroatoms. The van der Waals surface area contributed by atoms with E-state index in [0.717, 1.165) is 21.3 Å². The van der Waals surface area contributed by atoms with E-state index in [1.807, 2.05) is 19.9 Å². The number of carbonyl (C=O) groups is 1. The largest absolute Gasteiger partial charge is 0.361 e. The molecule has 0 bridgehead atoms. The van der Waals surface area contributed by atoms with E-state index in [-0.39, 0.29) is 12.3 Å². The molecule has 1 amide bonds. The highest BCUT2D eigenvalue weighted by atomic mass is 79.9. The first-order chi connectivity index (χ1) is 8.97. The second kappa shape index (κ2) is 5.52. The minimum absolute atomic E-state index is 0.147. The van der Waals surface area contributed by atoms with Crippen molar-refractivity contribution in [3.05, 3.63) is 39.3 Å². The maximum absolute atomic E-state index is 12.0. The molecular weight excluding hydrogens is 310 g/mol. The van der Waals surface area contributed by atoms with E-state index in [9.17, 15) is 4.79 Å². The van der Waals surface area contributed by atoms with Crippen molar-refractivity contribution in [3.8, 4) is 0 Å². The van der Waals surface area contributed by atoms with Crippen LogP contribution in [-0.2, 0) is 11.2 Å².